The third kappa shape index (κ3) is 4.40. The highest BCUT2D eigenvalue weighted by atomic mass is 16.5. The lowest BCUT2D eigenvalue weighted by Crippen LogP contribution is -2.21. The molecule has 0 saturated carbocycles. The number of hydrogen-bond acceptors (Lipinski definition) is 5. The average Bonchev–Trinajstić information content (AvgIpc) is 2.74. The van der Waals surface area contributed by atoms with Gasteiger partial charge in [-0.25, -0.2) is 0 Å². The molecule has 0 aliphatic carbocycles. The molecule has 0 atom stereocenters. The highest BCUT2D eigenvalue weighted by Crippen LogP contribution is 2.29. The maximum absolute atomic E-state index is 12.5. The Hall–Kier alpha value is -3.74. The van der Waals surface area contributed by atoms with Crippen LogP contribution in [0.5, 0.6) is 17.2 Å². The summed E-state index contributed by atoms with van der Waals surface area (Å²) < 4.78 is 17.7. The van der Waals surface area contributed by atoms with Crippen LogP contribution in [0.15, 0.2) is 66.1 Å². The smallest absolute Gasteiger partial charge is 0.262 e. The Kier molecular flexibility index (Phi) is 6.19. The highest BCUT2D eigenvalue weighted by Gasteiger charge is 2.12. The van der Waals surface area contributed by atoms with E-state index in [0.717, 1.165) is 0 Å². The third-order valence-electron chi connectivity index (χ3n) is 4.34. The number of aromatic nitrogens is 1. The van der Waals surface area contributed by atoms with Crippen molar-refractivity contribution in [3.8, 4) is 17.2 Å². The van der Waals surface area contributed by atoms with Gasteiger partial charge in [0, 0.05) is 24.2 Å². The highest BCUT2D eigenvalue weighted by molar-refractivity contribution is 5.94. The quantitative estimate of drug-likeness (QED) is 0.594. The maximum atomic E-state index is 12.5. The van der Waals surface area contributed by atoms with Crippen molar-refractivity contribution in [1.82, 2.24) is 4.57 Å². The molecule has 0 fully saturated rings. The largest absolute Gasteiger partial charge is 0.497 e. The van der Waals surface area contributed by atoms with Gasteiger partial charge in [-0.2, -0.15) is 0 Å². The summed E-state index contributed by atoms with van der Waals surface area (Å²) in [6, 6.07) is 12.1. The number of ether oxygens (including phenoxy) is 3. The van der Waals surface area contributed by atoms with Crippen LogP contribution < -0.4 is 25.1 Å². The number of fused-ring (bicyclic) bond motifs is 1. The minimum atomic E-state index is -0.367. The Balaban J connectivity index is 1.77. The molecule has 3 aromatic rings. The Morgan fingerprint density at radius 2 is 1.93 bits per heavy atom. The molecule has 0 spiro atoms. The van der Waals surface area contributed by atoms with E-state index in [1.54, 1.807) is 66.4 Å². The topological polar surface area (TPSA) is 78.8 Å². The zero-order valence-electron chi connectivity index (χ0n) is 16.3. The minimum absolute atomic E-state index is 0.140. The number of benzene rings is 2. The van der Waals surface area contributed by atoms with Crippen LogP contribution in [0.1, 0.15) is 0 Å². The number of amides is 1. The Morgan fingerprint density at radius 3 is 2.66 bits per heavy atom. The number of hydrogen-bond donors (Lipinski definition) is 1. The van der Waals surface area contributed by atoms with Crippen LogP contribution in [-0.4, -0.2) is 31.3 Å². The number of rotatable bonds is 8. The average molecular weight is 394 g/mol. The molecule has 0 aliphatic heterocycles. The van der Waals surface area contributed by atoms with Gasteiger partial charge in [-0.15, -0.1) is 6.58 Å². The molecule has 7 nitrogen and oxygen atoms in total. The summed E-state index contributed by atoms with van der Waals surface area (Å²) in [7, 11) is 3.06. The van der Waals surface area contributed by atoms with Gasteiger partial charge in [-0.3, -0.25) is 9.59 Å². The molecule has 0 saturated heterocycles. The minimum Gasteiger partial charge on any atom is -0.497 e. The first-order valence-corrected chi connectivity index (χ1v) is 8.95. The molecule has 1 heterocycles. The van der Waals surface area contributed by atoms with Gasteiger partial charge in [0.1, 0.15) is 17.2 Å². The summed E-state index contributed by atoms with van der Waals surface area (Å²) in [5, 5.41) is 3.90. The zero-order valence-corrected chi connectivity index (χ0v) is 16.3. The van der Waals surface area contributed by atoms with Crippen molar-refractivity contribution < 1.29 is 19.0 Å². The molecule has 0 aliphatic rings. The molecule has 3 rings (SSSR count). The van der Waals surface area contributed by atoms with E-state index >= 15 is 0 Å². The van der Waals surface area contributed by atoms with Crippen molar-refractivity contribution in [1.29, 1.82) is 0 Å². The molecule has 7 heteroatoms. The number of nitrogens with zero attached hydrogens (tertiary/aromatic N) is 1. The van der Waals surface area contributed by atoms with Crippen molar-refractivity contribution in [3.05, 3.63) is 71.7 Å². The Labute approximate surface area is 168 Å². The van der Waals surface area contributed by atoms with Crippen molar-refractivity contribution in [3.63, 3.8) is 0 Å². The number of anilines is 1. The lowest BCUT2D eigenvalue weighted by Gasteiger charge is -2.13. The molecule has 2 aromatic carbocycles. The van der Waals surface area contributed by atoms with E-state index in [9.17, 15) is 9.59 Å². The van der Waals surface area contributed by atoms with E-state index in [-0.39, 0.29) is 18.1 Å². The number of pyridine rings is 1. The number of allylic oxidation sites excluding steroid dienone is 1. The van der Waals surface area contributed by atoms with Gasteiger partial charge in [0.15, 0.2) is 6.61 Å². The predicted octanol–water partition coefficient (Wildman–Crippen LogP) is 3.22. The summed E-state index contributed by atoms with van der Waals surface area (Å²) >= 11 is 0. The third-order valence-corrected chi connectivity index (χ3v) is 4.34. The molecule has 29 heavy (non-hydrogen) atoms. The van der Waals surface area contributed by atoms with E-state index in [1.807, 2.05) is 0 Å². The monoisotopic (exact) mass is 394 g/mol. The molecular weight excluding hydrogens is 372 g/mol. The second-order valence-electron chi connectivity index (χ2n) is 6.18. The summed E-state index contributed by atoms with van der Waals surface area (Å²) in [4.78, 5) is 24.9. The van der Waals surface area contributed by atoms with E-state index in [4.69, 9.17) is 14.2 Å². The standard InChI is InChI=1S/C22H22N2O5/c1-4-11-24-12-10-16-17(22(24)26)6-5-7-19(16)29-14-21(25)23-18-13-15(27-2)8-9-20(18)28-3/h4-10,12-13H,1,11,14H2,2-3H3,(H,23,25). The van der Waals surface area contributed by atoms with Crippen LogP contribution in [0.4, 0.5) is 5.69 Å². The number of nitrogens with one attached hydrogen (secondary N) is 1. The Bertz CT molecular complexity index is 1100. The van der Waals surface area contributed by atoms with Crippen LogP contribution >= 0.6 is 0 Å². The van der Waals surface area contributed by atoms with Crippen LogP contribution in [0, 0.1) is 0 Å². The summed E-state index contributed by atoms with van der Waals surface area (Å²) in [6.07, 6.45) is 3.34. The van der Waals surface area contributed by atoms with Crippen molar-refractivity contribution >= 4 is 22.4 Å². The first-order valence-electron chi connectivity index (χ1n) is 8.95. The van der Waals surface area contributed by atoms with E-state index in [1.165, 1.54) is 7.11 Å². The van der Waals surface area contributed by atoms with Gasteiger partial charge in [-0.1, -0.05) is 12.1 Å². The second-order valence-corrected chi connectivity index (χ2v) is 6.18. The zero-order chi connectivity index (χ0) is 20.8. The van der Waals surface area contributed by atoms with Gasteiger partial charge in [0.25, 0.3) is 11.5 Å². The van der Waals surface area contributed by atoms with Gasteiger partial charge in [0.05, 0.1) is 25.3 Å². The Morgan fingerprint density at radius 1 is 1.10 bits per heavy atom. The predicted molar refractivity (Wildman–Crippen MR) is 112 cm³/mol. The fraction of sp³-hybridized carbons (Fsp3) is 0.182. The van der Waals surface area contributed by atoms with Crippen molar-refractivity contribution in [2.45, 2.75) is 6.54 Å². The number of carbonyl (C=O) groups excluding carboxylic acids is 1. The van der Waals surface area contributed by atoms with Gasteiger partial charge in [-0.05, 0) is 30.3 Å². The summed E-state index contributed by atoms with van der Waals surface area (Å²) in [5.74, 6) is 1.19. The van der Waals surface area contributed by atoms with E-state index in [0.29, 0.717) is 40.3 Å². The molecule has 150 valence electrons. The van der Waals surface area contributed by atoms with Gasteiger partial charge < -0.3 is 24.1 Å². The summed E-state index contributed by atoms with van der Waals surface area (Å²) in [5.41, 5.74) is 0.337. The van der Waals surface area contributed by atoms with Crippen LogP contribution in [0.3, 0.4) is 0 Å². The molecule has 0 radical (unpaired) electrons. The van der Waals surface area contributed by atoms with E-state index in [2.05, 4.69) is 11.9 Å². The first kappa shape index (κ1) is 20.0. The lowest BCUT2D eigenvalue weighted by atomic mass is 10.1. The number of methoxy groups -OCH3 is 2. The van der Waals surface area contributed by atoms with Crippen LogP contribution in [0.2, 0.25) is 0 Å². The molecule has 0 bridgehead atoms. The summed E-state index contributed by atoms with van der Waals surface area (Å²) in [6.45, 7) is 3.85. The lowest BCUT2D eigenvalue weighted by molar-refractivity contribution is -0.118. The normalized spacial score (nSPS) is 10.4. The van der Waals surface area contributed by atoms with Gasteiger partial charge >= 0.3 is 0 Å². The van der Waals surface area contributed by atoms with Crippen LogP contribution in [0.25, 0.3) is 10.8 Å². The van der Waals surface area contributed by atoms with Gasteiger partial charge in [0.2, 0.25) is 0 Å². The molecule has 1 aromatic heterocycles. The molecule has 0 unspecified atom stereocenters. The molecule has 1 amide bonds. The van der Waals surface area contributed by atoms with Crippen molar-refractivity contribution in [2.24, 2.45) is 0 Å². The number of carbonyl (C=O) groups is 1. The molecular formula is C22H22N2O5. The first-order chi connectivity index (χ1) is 14.1. The second kappa shape index (κ2) is 8.97. The SMILES string of the molecule is C=CCn1ccc2c(OCC(=O)Nc3cc(OC)ccc3OC)cccc2c1=O. The van der Waals surface area contributed by atoms with E-state index < -0.39 is 0 Å². The van der Waals surface area contributed by atoms with Crippen molar-refractivity contribution in [2.75, 3.05) is 26.1 Å². The van der Waals surface area contributed by atoms with Crippen LogP contribution in [-0.2, 0) is 11.3 Å². The maximum Gasteiger partial charge on any atom is 0.262 e. The fourth-order valence-electron chi connectivity index (χ4n) is 2.94. The molecule has 1 N–H and O–H groups in total. The fourth-order valence-corrected chi connectivity index (χ4v) is 2.94.